The van der Waals surface area contributed by atoms with Crippen LogP contribution in [0.1, 0.15) is 37.0 Å². The second kappa shape index (κ2) is 5.87. The number of hydrogen-bond donors (Lipinski definition) is 1. The highest BCUT2D eigenvalue weighted by Gasteiger charge is 2.15. The predicted octanol–water partition coefficient (Wildman–Crippen LogP) is 3.06. The average molecular weight is 257 g/mol. The molecular weight excluding hydrogens is 240 g/mol. The van der Waals surface area contributed by atoms with Crippen LogP contribution in [0.2, 0.25) is 5.02 Å². The second-order valence-electron chi connectivity index (χ2n) is 4.08. The van der Waals surface area contributed by atoms with Gasteiger partial charge in [-0.05, 0) is 19.4 Å². The Balaban J connectivity index is 2.99. The van der Waals surface area contributed by atoms with Gasteiger partial charge in [-0.15, -0.1) is 0 Å². The molecule has 0 amide bonds. The fraction of sp³-hybridized carbons (Fsp3) is 0.500. The van der Waals surface area contributed by atoms with Crippen LogP contribution in [-0.4, -0.2) is 29.1 Å². The van der Waals surface area contributed by atoms with Gasteiger partial charge in [0.05, 0.1) is 10.6 Å². The monoisotopic (exact) mass is 256 g/mol. The van der Waals surface area contributed by atoms with Crippen LogP contribution in [-0.2, 0) is 0 Å². The minimum atomic E-state index is -1.03. The summed E-state index contributed by atoms with van der Waals surface area (Å²) in [5.74, 6) is -0.400. The first-order valence-corrected chi connectivity index (χ1v) is 5.96. The molecule has 1 unspecified atom stereocenters. The van der Waals surface area contributed by atoms with Crippen molar-refractivity contribution in [1.82, 2.24) is 4.98 Å². The van der Waals surface area contributed by atoms with Gasteiger partial charge in [-0.25, -0.2) is 9.78 Å². The number of aromatic carboxylic acids is 1. The summed E-state index contributed by atoms with van der Waals surface area (Å²) >= 11 is 5.77. The lowest BCUT2D eigenvalue weighted by molar-refractivity contribution is 0.0697. The standard InChI is InChI=1S/C12H17ClN2O2/c1-4-5-8(2)15(3)11-6-9(12(16)17)10(13)7-14-11/h6-8H,4-5H2,1-3H3,(H,16,17). The Kier molecular flexibility index (Phi) is 4.75. The maximum Gasteiger partial charge on any atom is 0.337 e. The van der Waals surface area contributed by atoms with Crippen molar-refractivity contribution in [3.63, 3.8) is 0 Å². The van der Waals surface area contributed by atoms with Crippen molar-refractivity contribution in [1.29, 1.82) is 0 Å². The van der Waals surface area contributed by atoms with E-state index in [1.807, 2.05) is 11.9 Å². The van der Waals surface area contributed by atoms with Gasteiger partial charge >= 0.3 is 5.97 Å². The largest absolute Gasteiger partial charge is 0.478 e. The lowest BCUT2D eigenvalue weighted by Crippen LogP contribution is -2.29. The molecule has 0 radical (unpaired) electrons. The minimum absolute atomic E-state index is 0.0900. The Bertz CT molecular complexity index is 409. The first-order valence-electron chi connectivity index (χ1n) is 5.59. The summed E-state index contributed by atoms with van der Waals surface area (Å²) in [6.07, 6.45) is 3.49. The Morgan fingerprint density at radius 2 is 2.29 bits per heavy atom. The van der Waals surface area contributed by atoms with Gasteiger partial charge in [-0.3, -0.25) is 0 Å². The highest BCUT2D eigenvalue weighted by molar-refractivity contribution is 6.33. The van der Waals surface area contributed by atoms with E-state index >= 15 is 0 Å². The Morgan fingerprint density at radius 3 is 2.82 bits per heavy atom. The minimum Gasteiger partial charge on any atom is -0.478 e. The van der Waals surface area contributed by atoms with Crippen LogP contribution in [0.25, 0.3) is 0 Å². The number of pyridine rings is 1. The van der Waals surface area contributed by atoms with E-state index in [0.29, 0.717) is 11.9 Å². The second-order valence-corrected chi connectivity index (χ2v) is 4.48. The maximum atomic E-state index is 11.0. The lowest BCUT2D eigenvalue weighted by Gasteiger charge is -2.25. The van der Waals surface area contributed by atoms with Gasteiger partial charge in [0.25, 0.3) is 0 Å². The van der Waals surface area contributed by atoms with Gasteiger partial charge in [-0.1, -0.05) is 24.9 Å². The highest BCUT2D eigenvalue weighted by Crippen LogP contribution is 2.21. The summed E-state index contributed by atoms with van der Waals surface area (Å²) in [6.45, 7) is 4.20. The number of nitrogens with zero attached hydrogens (tertiary/aromatic N) is 2. The van der Waals surface area contributed by atoms with Crippen LogP contribution in [0.5, 0.6) is 0 Å². The van der Waals surface area contributed by atoms with Gasteiger partial charge < -0.3 is 10.0 Å². The van der Waals surface area contributed by atoms with Crippen LogP contribution in [0.4, 0.5) is 5.82 Å². The maximum absolute atomic E-state index is 11.0. The number of halogens is 1. The number of hydrogen-bond acceptors (Lipinski definition) is 3. The van der Waals surface area contributed by atoms with E-state index < -0.39 is 5.97 Å². The van der Waals surface area contributed by atoms with Crippen molar-refractivity contribution in [3.8, 4) is 0 Å². The fourth-order valence-electron chi connectivity index (χ4n) is 1.62. The molecule has 0 spiro atoms. The molecule has 1 aromatic heterocycles. The van der Waals surface area contributed by atoms with E-state index in [9.17, 15) is 4.79 Å². The molecule has 0 aliphatic carbocycles. The van der Waals surface area contributed by atoms with Gasteiger partial charge in [0.2, 0.25) is 0 Å². The zero-order valence-corrected chi connectivity index (χ0v) is 11.0. The molecule has 4 nitrogen and oxygen atoms in total. The third-order valence-corrected chi connectivity index (χ3v) is 3.10. The van der Waals surface area contributed by atoms with E-state index in [2.05, 4.69) is 18.8 Å². The molecule has 0 saturated heterocycles. The van der Waals surface area contributed by atoms with Crippen LogP contribution in [0.3, 0.4) is 0 Å². The van der Waals surface area contributed by atoms with Crippen molar-refractivity contribution in [3.05, 3.63) is 22.8 Å². The number of carboxylic acid groups (broad SMARTS) is 1. The summed E-state index contributed by atoms with van der Waals surface area (Å²) in [5, 5.41) is 9.15. The lowest BCUT2D eigenvalue weighted by atomic mass is 10.1. The molecule has 94 valence electrons. The molecule has 1 heterocycles. The number of carboxylic acids is 1. The summed E-state index contributed by atoms with van der Waals surface area (Å²) in [6, 6.07) is 1.83. The average Bonchev–Trinajstić information content (AvgIpc) is 2.28. The third-order valence-electron chi connectivity index (χ3n) is 2.80. The molecule has 5 heteroatoms. The summed E-state index contributed by atoms with van der Waals surface area (Å²) in [7, 11) is 1.90. The number of rotatable bonds is 5. The van der Waals surface area contributed by atoms with Crippen LogP contribution in [0, 0.1) is 0 Å². The first-order chi connectivity index (χ1) is 7.97. The van der Waals surface area contributed by atoms with Gasteiger partial charge in [0.1, 0.15) is 5.82 Å². The summed E-state index contributed by atoms with van der Waals surface area (Å²) in [5.41, 5.74) is 0.0900. The SMILES string of the molecule is CCCC(C)N(C)c1cc(C(=O)O)c(Cl)cn1. The topological polar surface area (TPSA) is 53.4 Å². The number of anilines is 1. The van der Waals surface area contributed by atoms with Gasteiger partial charge in [0, 0.05) is 19.3 Å². The van der Waals surface area contributed by atoms with E-state index in [4.69, 9.17) is 16.7 Å². The van der Waals surface area contributed by atoms with Crippen molar-refractivity contribution in [2.45, 2.75) is 32.7 Å². The molecule has 1 aromatic rings. The van der Waals surface area contributed by atoms with Crippen molar-refractivity contribution >= 4 is 23.4 Å². The van der Waals surface area contributed by atoms with E-state index in [-0.39, 0.29) is 10.6 Å². The fourth-order valence-corrected chi connectivity index (χ4v) is 1.81. The molecule has 0 aromatic carbocycles. The van der Waals surface area contributed by atoms with E-state index in [1.54, 1.807) is 0 Å². The number of aromatic nitrogens is 1. The third kappa shape index (κ3) is 3.33. The Morgan fingerprint density at radius 1 is 1.65 bits per heavy atom. The van der Waals surface area contributed by atoms with Gasteiger partial charge in [-0.2, -0.15) is 0 Å². The molecule has 0 fully saturated rings. The smallest absolute Gasteiger partial charge is 0.337 e. The molecule has 17 heavy (non-hydrogen) atoms. The van der Waals surface area contributed by atoms with Crippen molar-refractivity contribution in [2.24, 2.45) is 0 Å². The predicted molar refractivity (Wildman–Crippen MR) is 69.0 cm³/mol. The van der Waals surface area contributed by atoms with Crippen LogP contribution in [0.15, 0.2) is 12.3 Å². The molecule has 0 bridgehead atoms. The van der Waals surface area contributed by atoms with Crippen LogP contribution >= 0.6 is 11.6 Å². The summed E-state index contributed by atoms with van der Waals surface area (Å²) in [4.78, 5) is 17.1. The zero-order chi connectivity index (χ0) is 13.0. The summed E-state index contributed by atoms with van der Waals surface area (Å²) < 4.78 is 0. The van der Waals surface area contributed by atoms with E-state index in [1.165, 1.54) is 12.3 Å². The van der Waals surface area contributed by atoms with E-state index in [0.717, 1.165) is 12.8 Å². The van der Waals surface area contributed by atoms with Gasteiger partial charge in [0.15, 0.2) is 0 Å². The Hall–Kier alpha value is -1.29. The quantitative estimate of drug-likeness (QED) is 0.880. The molecule has 1 N–H and O–H groups in total. The Labute approximate surface area is 106 Å². The molecule has 0 aliphatic heterocycles. The molecule has 0 aliphatic rings. The normalized spacial score (nSPS) is 12.2. The van der Waals surface area contributed by atoms with Crippen LogP contribution < -0.4 is 4.90 Å². The molecule has 1 atom stereocenters. The molecule has 1 rings (SSSR count). The van der Waals surface area contributed by atoms with Crippen molar-refractivity contribution < 1.29 is 9.90 Å². The number of carbonyl (C=O) groups is 1. The van der Waals surface area contributed by atoms with Crippen molar-refractivity contribution in [2.75, 3.05) is 11.9 Å². The molecular formula is C12H17ClN2O2. The highest BCUT2D eigenvalue weighted by atomic mass is 35.5. The molecule has 0 saturated carbocycles. The zero-order valence-electron chi connectivity index (χ0n) is 10.3. The first kappa shape index (κ1) is 13.8.